The van der Waals surface area contributed by atoms with E-state index in [0.29, 0.717) is 28.5 Å². The molecule has 0 unspecified atom stereocenters. The van der Waals surface area contributed by atoms with Gasteiger partial charge in [0.2, 0.25) is 0 Å². The zero-order valence-corrected chi connectivity index (χ0v) is 16.1. The molecule has 0 bridgehead atoms. The molecule has 0 aromatic heterocycles. The predicted octanol–water partition coefficient (Wildman–Crippen LogP) is 4.11. The fourth-order valence-corrected chi connectivity index (χ4v) is 3.61. The average molecular weight is 382 g/mol. The second-order valence-corrected chi connectivity index (χ2v) is 7.29. The smallest absolute Gasteiger partial charge is 0.265 e. The second-order valence-electron chi connectivity index (χ2n) is 6.19. The zero-order chi connectivity index (χ0) is 19.2. The number of thioether (sulfide) groups is 1. The molecule has 0 saturated heterocycles. The summed E-state index contributed by atoms with van der Waals surface area (Å²) in [6.45, 7) is 4.31. The van der Waals surface area contributed by atoms with Crippen LogP contribution in [0.4, 0.5) is 5.69 Å². The van der Waals surface area contributed by atoms with Crippen molar-refractivity contribution in [2.45, 2.75) is 19.9 Å². The third-order valence-electron chi connectivity index (χ3n) is 4.24. The highest BCUT2D eigenvalue weighted by Crippen LogP contribution is 2.27. The van der Waals surface area contributed by atoms with Gasteiger partial charge in [-0.25, -0.2) is 0 Å². The minimum absolute atomic E-state index is 0.144. The van der Waals surface area contributed by atoms with E-state index >= 15 is 0 Å². The molecule has 1 atom stereocenters. The van der Waals surface area contributed by atoms with Crippen molar-refractivity contribution >= 4 is 29.3 Å². The van der Waals surface area contributed by atoms with Gasteiger partial charge in [-0.1, -0.05) is 42.5 Å². The van der Waals surface area contributed by atoms with Gasteiger partial charge in [0, 0.05) is 5.75 Å². The number of carbonyl (C=O) groups is 2. The van der Waals surface area contributed by atoms with Gasteiger partial charge in [0.1, 0.15) is 10.7 Å². The van der Waals surface area contributed by atoms with Gasteiger partial charge >= 0.3 is 0 Å². The van der Waals surface area contributed by atoms with Gasteiger partial charge < -0.3 is 15.4 Å². The number of benzene rings is 2. The Morgan fingerprint density at radius 2 is 1.74 bits per heavy atom. The zero-order valence-electron chi connectivity index (χ0n) is 15.3. The maximum Gasteiger partial charge on any atom is 0.265 e. The Labute approximate surface area is 163 Å². The fourth-order valence-electron chi connectivity index (χ4n) is 2.80. The van der Waals surface area contributed by atoms with E-state index in [1.807, 2.05) is 37.3 Å². The molecule has 2 N–H and O–H groups in total. The van der Waals surface area contributed by atoms with E-state index in [9.17, 15) is 9.59 Å². The predicted molar refractivity (Wildman–Crippen MR) is 109 cm³/mol. The van der Waals surface area contributed by atoms with Gasteiger partial charge in [0.15, 0.2) is 0 Å². The molecule has 0 aliphatic carbocycles. The molecule has 2 aromatic carbocycles. The Morgan fingerprint density at radius 1 is 1.04 bits per heavy atom. The summed E-state index contributed by atoms with van der Waals surface area (Å²) in [7, 11) is 0. The highest BCUT2D eigenvalue weighted by Gasteiger charge is 2.21. The van der Waals surface area contributed by atoms with Gasteiger partial charge in [-0.3, -0.25) is 9.59 Å². The standard InChI is InChI=1S/C21H22N2O3S/c1-14(16-8-4-3-5-9-16)22-20(24)17-10-6-7-11-18(17)23-21(25)19-15(2)26-12-13-27-19/h3-11,14H,12-13H2,1-2H3,(H,22,24)(H,23,25)/t14-/m0/s1. The minimum Gasteiger partial charge on any atom is -0.496 e. The molecule has 0 radical (unpaired) electrons. The van der Waals surface area contributed by atoms with Crippen molar-refractivity contribution in [2.75, 3.05) is 17.7 Å². The number of nitrogens with one attached hydrogen (secondary N) is 2. The van der Waals surface area contributed by atoms with Crippen LogP contribution < -0.4 is 10.6 Å². The summed E-state index contributed by atoms with van der Waals surface area (Å²) >= 11 is 1.46. The lowest BCUT2D eigenvalue weighted by atomic mass is 10.1. The molecule has 2 amide bonds. The maximum absolute atomic E-state index is 12.8. The third kappa shape index (κ3) is 4.71. The lowest BCUT2D eigenvalue weighted by Gasteiger charge is -2.19. The van der Waals surface area contributed by atoms with Crippen molar-refractivity contribution in [3.63, 3.8) is 0 Å². The Balaban J connectivity index is 1.75. The lowest BCUT2D eigenvalue weighted by Crippen LogP contribution is -2.28. The van der Waals surface area contributed by atoms with Gasteiger partial charge in [0.25, 0.3) is 11.8 Å². The highest BCUT2D eigenvalue weighted by atomic mass is 32.2. The summed E-state index contributed by atoms with van der Waals surface area (Å²) in [5.41, 5.74) is 1.92. The number of allylic oxidation sites excluding steroid dienone is 1. The van der Waals surface area contributed by atoms with Crippen molar-refractivity contribution in [2.24, 2.45) is 0 Å². The van der Waals surface area contributed by atoms with Crippen LogP contribution in [0.5, 0.6) is 0 Å². The maximum atomic E-state index is 12.8. The van der Waals surface area contributed by atoms with Crippen molar-refractivity contribution in [3.05, 3.63) is 76.4 Å². The van der Waals surface area contributed by atoms with E-state index in [4.69, 9.17) is 4.74 Å². The molecular weight excluding hydrogens is 360 g/mol. The topological polar surface area (TPSA) is 67.4 Å². The molecular formula is C21H22N2O3S. The van der Waals surface area contributed by atoms with Gasteiger partial charge in [0.05, 0.1) is 23.9 Å². The van der Waals surface area contributed by atoms with E-state index in [0.717, 1.165) is 11.3 Å². The van der Waals surface area contributed by atoms with Crippen molar-refractivity contribution in [1.29, 1.82) is 0 Å². The normalized spacial score (nSPS) is 14.9. The summed E-state index contributed by atoms with van der Waals surface area (Å²) in [5, 5.41) is 5.83. The van der Waals surface area contributed by atoms with Crippen LogP contribution in [-0.4, -0.2) is 24.2 Å². The first-order valence-electron chi connectivity index (χ1n) is 8.79. The quantitative estimate of drug-likeness (QED) is 0.817. The molecule has 3 rings (SSSR count). The summed E-state index contributed by atoms with van der Waals surface area (Å²) in [6, 6.07) is 16.6. The fraction of sp³-hybridized carbons (Fsp3) is 0.238. The van der Waals surface area contributed by atoms with Crippen LogP contribution in [0, 0.1) is 0 Å². The van der Waals surface area contributed by atoms with Crippen LogP contribution in [-0.2, 0) is 9.53 Å². The monoisotopic (exact) mass is 382 g/mol. The van der Waals surface area contributed by atoms with Crippen LogP contribution in [0.25, 0.3) is 0 Å². The Morgan fingerprint density at radius 3 is 2.48 bits per heavy atom. The molecule has 0 fully saturated rings. The second kappa shape index (κ2) is 8.77. The lowest BCUT2D eigenvalue weighted by molar-refractivity contribution is -0.112. The Bertz CT molecular complexity index is 865. The Kier molecular flexibility index (Phi) is 6.19. The van der Waals surface area contributed by atoms with Crippen LogP contribution in [0.2, 0.25) is 0 Å². The molecule has 1 heterocycles. The summed E-state index contributed by atoms with van der Waals surface area (Å²) in [5.74, 6) is 0.856. The molecule has 1 aliphatic heterocycles. The number of hydrogen-bond acceptors (Lipinski definition) is 4. The molecule has 6 heteroatoms. The number of hydrogen-bond donors (Lipinski definition) is 2. The summed E-state index contributed by atoms with van der Waals surface area (Å²) < 4.78 is 5.45. The first-order valence-corrected chi connectivity index (χ1v) is 9.77. The SMILES string of the molecule is CC1=C(C(=O)Nc2ccccc2C(=O)N[C@@H](C)c2ccccc2)SCCO1. The molecule has 0 spiro atoms. The van der Waals surface area contributed by atoms with Gasteiger partial charge in [-0.15, -0.1) is 11.8 Å². The first kappa shape index (κ1) is 19.0. The largest absolute Gasteiger partial charge is 0.496 e. The molecule has 1 aliphatic rings. The number of ether oxygens (including phenoxy) is 1. The van der Waals surface area contributed by atoms with E-state index in [1.54, 1.807) is 31.2 Å². The first-order chi connectivity index (χ1) is 13.1. The highest BCUT2D eigenvalue weighted by molar-refractivity contribution is 8.04. The molecule has 27 heavy (non-hydrogen) atoms. The molecule has 5 nitrogen and oxygen atoms in total. The van der Waals surface area contributed by atoms with Crippen LogP contribution in [0.15, 0.2) is 65.3 Å². The molecule has 2 aromatic rings. The molecule has 0 saturated carbocycles. The van der Waals surface area contributed by atoms with Crippen molar-refractivity contribution in [3.8, 4) is 0 Å². The molecule has 140 valence electrons. The van der Waals surface area contributed by atoms with Crippen LogP contribution in [0.3, 0.4) is 0 Å². The number of rotatable bonds is 5. The van der Waals surface area contributed by atoms with Crippen LogP contribution in [0.1, 0.15) is 35.8 Å². The number of carbonyl (C=O) groups excluding carboxylic acids is 2. The van der Waals surface area contributed by atoms with Gasteiger partial charge in [-0.2, -0.15) is 0 Å². The minimum atomic E-state index is -0.256. The third-order valence-corrected chi connectivity index (χ3v) is 5.37. The van der Waals surface area contributed by atoms with Crippen LogP contribution >= 0.6 is 11.8 Å². The Hall–Kier alpha value is -2.73. The van der Waals surface area contributed by atoms with Crippen molar-refractivity contribution < 1.29 is 14.3 Å². The average Bonchev–Trinajstić information content (AvgIpc) is 2.69. The van der Waals surface area contributed by atoms with Gasteiger partial charge in [-0.05, 0) is 31.5 Å². The number of anilines is 1. The van der Waals surface area contributed by atoms with E-state index in [2.05, 4.69) is 10.6 Å². The number of amides is 2. The van der Waals surface area contributed by atoms with E-state index in [-0.39, 0.29) is 17.9 Å². The van der Waals surface area contributed by atoms with Crippen molar-refractivity contribution in [1.82, 2.24) is 5.32 Å². The summed E-state index contributed by atoms with van der Waals surface area (Å²) in [4.78, 5) is 25.9. The number of para-hydroxylation sites is 1. The summed E-state index contributed by atoms with van der Waals surface area (Å²) in [6.07, 6.45) is 0. The van der Waals surface area contributed by atoms with E-state index < -0.39 is 0 Å². The van der Waals surface area contributed by atoms with E-state index in [1.165, 1.54) is 11.8 Å².